The van der Waals surface area contributed by atoms with Gasteiger partial charge in [-0.05, 0) is 79.6 Å². The Bertz CT molecular complexity index is 673. The highest BCUT2D eigenvalue weighted by Crippen LogP contribution is 2.26. The molecule has 1 aliphatic carbocycles. The van der Waals surface area contributed by atoms with Gasteiger partial charge < -0.3 is 18.9 Å². The highest BCUT2D eigenvalue weighted by atomic mass is 15.2. The van der Waals surface area contributed by atoms with Gasteiger partial charge in [-0.15, -0.1) is 0 Å². The van der Waals surface area contributed by atoms with Crippen LogP contribution in [0.5, 0.6) is 0 Å². The first kappa shape index (κ1) is 23.0. The van der Waals surface area contributed by atoms with Gasteiger partial charge in [0.05, 0.1) is 0 Å². The van der Waals surface area contributed by atoms with Gasteiger partial charge >= 0.3 is 0 Å². The van der Waals surface area contributed by atoms with Crippen LogP contribution in [-0.2, 0) is 13.1 Å². The van der Waals surface area contributed by atoms with Gasteiger partial charge in [0, 0.05) is 50.0 Å². The lowest BCUT2D eigenvalue weighted by atomic mass is 9.88. The van der Waals surface area contributed by atoms with Crippen molar-refractivity contribution in [3.8, 4) is 0 Å². The maximum atomic E-state index is 4.33. The number of hydrogen-bond acceptors (Lipinski definition) is 4. The van der Waals surface area contributed by atoms with Crippen molar-refractivity contribution in [3.63, 3.8) is 0 Å². The zero-order chi connectivity index (χ0) is 21.3. The zero-order valence-corrected chi connectivity index (χ0v) is 19.6. The molecule has 0 aromatic carbocycles. The third kappa shape index (κ3) is 6.42. The predicted molar refractivity (Wildman–Crippen MR) is 124 cm³/mol. The SMILES string of the molecule is Cc1nccn1CCCCN(C)[C@@H]1CCCC[C@@H]1N(C)CCCCn1ccnc1C. The summed E-state index contributed by atoms with van der Waals surface area (Å²) in [5.74, 6) is 2.25. The van der Waals surface area contributed by atoms with Crippen molar-refractivity contribution in [2.45, 2.75) is 90.4 Å². The molecule has 1 saturated carbocycles. The minimum Gasteiger partial charge on any atom is -0.335 e. The van der Waals surface area contributed by atoms with Crippen LogP contribution in [0.15, 0.2) is 24.8 Å². The molecule has 168 valence electrons. The van der Waals surface area contributed by atoms with Crippen LogP contribution in [-0.4, -0.2) is 68.2 Å². The summed E-state index contributed by atoms with van der Waals surface area (Å²) in [7, 11) is 4.70. The van der Waals surface area contributed by atoms with E-state index >= 15 is 0 Å². The average molecular weight is 415 g/mol. The van der Waals surface area contributed by atoms with Crippen LogP contribution in [0.25, 0.3) is 0 Å². The number of unbranched alkanes of at least 4 members (excludes halogenated alkanes) is 2. The highest BCUT2D eigenvalue weighted by Gasteiger charge is 2.30. The first-order chi connectivity index (χ1) is 14.6. The molecule has 2 aromatic rings. The molecule has 2 heterocycles. The van der Waals surface area contributed by atoms with E-state index in [0.717, 1.165) is 24.7 Å². The molecule has 6 nitrogen and oxygen atoms in total. The zero-order valence-electron chi connectivity index (χ0n) is 19.6. The molecule has 0 radical (unpaired) electrons. The van der Waals surface area contributed by atoms with E-state index in [1.165, 1.54) is 64.5 Å². The summed E-state index contributed by atoms with van der Waals surface area (Å²) in [4.78, 5) is 13.9. The van der Waals surface area contributed by atoms with Gasteiger partial charge in [-0.2, -0.15) is 0 Å². The fourth-order valence-corrected chi connectivity index (χ4v) is 5.02. The first-order valence-electron chi connectivity index (χ1n) is 11.9. The average Bonchev–Trinajstić information content (AvgIpc) is 3.36. The van der Waals surface area contributed by atoms with Crippen molar-refractivity contribution in [1.82, 2.24) is 28.9 Å². The van der Waals surface area contributed by atoms with E-state index in [2.05, 4.69) is 69.2 Å². The number of imidazole rings is 2. The minimum atomic E-state index is 0.703. The molecule has 0 aliphatic heterocycles. The molecule has 1 aliphatic rings. The first-order valence-corrected chi connectivity index (χ1v) is 11.9. The van der Waals surface area contributed by atoms with E-state index < -0.39 is 0 Å². The van der Waals surface area contributed by atoms with Crippen molar-refractivity contribution < 1.29 is 0 Å². The molecular formula is C24H42N6. The Morgan fingerprint density at radius 1 is 0.767 bits per heavy atom. The van der Waals surface area contributed by atoms with Crippen LogP contribution in [0.4, 0.5) is 0 Å². The maximum Gasteiger partial charge on any atom is 0.105 e. The number of likely N-dealkylation sites (N-methyl/N-ethyl adjacent to an activating group) is 2. The molecule has 0 unspecified atom stereocenters. The Balaban J connectivity index is 1.39. The molecule has 6 heteroatoms. The molecule has 2 aromatic heterocycles. The van der Waals surface area contributed by atoms with E-state index in [-0.39, 0.29) is 0 Å². The lowest BCUT2D eigenvalue weighted by Gasteiger charge is -2.42. The van der Waals surface area contributed by atoms with Gasteiger partial charge in [0.1, 0.15) is 11.6 Å². The van der Waals surface area contributed by atoms with Crippen LogP contribution in [0.1, 0.15) is 63.0 Å². The molecule has 0 amide bonds. The van der Waals surface area contributed by atoms with Gasteiger partial charge in [-0.1, -0.05) is 12.8 Å². The molecule has 0 N–H and O–H groups in total. The van der Waals surface area contributed by atoms with Crippen LogP contribution in [0.3, 0.4) is 0 Å². The number of aromatic nitrogens is 4. The summed E-state index contributed by atoms with van der Waals surface area (Å²) < 4.78 is 4.53. The van der Waals surface area contributed by atoms with Crippen LogP contribution >= 0.6 is 0 Å². The largest absolute Gasteiger partial charge is 0.335 e. The monoisotopic (exact) mass is 414 g/mol. The Kier molecular flexibility index (Phi) is 8.94. The second kappa shape index (κ2) is 11.7. The topological polar surface area (TPSA) is 42.1 Å². The Hall–Kier alpha value is -1.66. The Morgan fingerprint density at radius 2 is 1.20 bits per heavy atom. The van der Waals surface area contributed by atoms with Crippen LogP contribution in [0, 0.1) is 13.8 Å². The van der Waals surface area contributed by atoms with Crippen LogP contribution < -0.4 is 0 Å². The second-order valence-electron chi connectivity index (χ2n) is 9.13. The van der Waals surface area contributed by atoms with E-state index in [4.69, 9.17) is 0 Å². The summed E-state index contributed by atoms with van der Waals surface area (Å²) in [5, 5.41) is 0. The fourth-order valence-electron chi connectivity index (χ4n) is 5.02. The minimum absolute atomic E-state index is 0.703. The van der Waals surface area contributed by atoms with Crippen molar-refractivity contribution in [3.05, 3.63) is 36.4 Å². The number of nitrogens with zero attached hydrogens (tertiary/aromatic N) is 6. The smallest absolute Gasteiger partial charge is 0.105 e. The van der Waals surface area contributed by atoms with Gasteiger partial charge in [0.2, 0.25) is 0 Å². The lowest BCUT2D eigenvalue weighted by Crippen LogP contribution is -2.51. The number of hydrogen-bond donors (Lipinski definition) is 0. The Labute approximate surface area is 183 Å². The van der Waals surface area contributed by atoms with Crippen LogP contribution in [0.2, 0.25) is 0 Å². The molecule has 0 spiro atoms. The maximum absolute atomic E-state index is 4.33. The van der Waals surface area contributed by atoms with Gasteiger partial charge in [0.25, 0.3) is 0 Å². The van der Waals surface area contributed by atoms with Gasteiger partial charge in [0.15, 0.2) is 0 Å². The highest BCUT2D eigenvalue weighted by molar-refractivity contribution is 4.90. The molecule has 2 atom stereocenters. The summed E-state index contributed by atoms with van der Waals surface area (Å²) >= 11 is 0. The predicted octanol–water partition coefficient (Wildman–Crippen LogP) is 4.13. The summed E-state index contributed by atoms with van der Waals surface area (Å²) in [6.45, 7) is 8.75. The van der Waals surface area contributed by atoms with Crippen molar-refractivity contribution in [2.24, 2.45) is 0 Å². The van der Waals surface area contributed by atoms with E-state index in [1.54, 1.807) is 0 Å². The normalized spacial score (nSPS) is 19.8. The second-order valence-corrected chi connectivity index (χ2v) is 9.13. The van der Waals surface area contributed by atoms with Gasteiger partial charge in [-0.3, -0.25) is 0 Å². The Morgan fingerprint density at radius 3 is 1.57 bits per heavy atom. The number of rotatable bonds is 12. The molecule has 0 saturated heterocycles. The standard InChI is InChI=1S/C24H42N6/c1-21-25-13-19-29(21)17-9-7-15-27(3)23-11-5-6-12-24(23)28(4)16-8-10-18-30-20-14-26-22(30)2/h13-14,19-20,23-24H,5-12,15-18H2,1-4H3/t23-,24+. The summed E-state index contributed by atoms with van der Waals surface area (Å²) in [5.41, 5.74) is 0. The molecular weight excluding hydrogens is 372 g/mol. The van der Waals surface area contributed by atoms with Gasteiger partial charge in [-0.25, -0.2) is 9.97 Å². The third-order valence-electron chi connectivity index (χ3n) is 6.99. The molecule has 3 rings (SSSR count). The molecule has 30 heavy (non-hydrogen) atoms. The number of aryl methyl sites for hydroxylation is 4. The van der Waals surface area contributed by atoms with E-state index in [1.807, 2.05) is 12.4 Å². The third-order valence-corrected chi connectivity index (χ3v) is 6.99. The van der Waals surface area contributed by atoms with E-state index in [0.29, 0.717) is 12.1 Å². The van der Waals surface area contributed by atoms with Crippen molar-refractivity contribution in [2.75, 3.05) is 27.2 Å². The van der Waals surface area contributed by atoms with E-state index in [9.17, 15) is 0 Å². The van der Waals surface area contributed by atoms with Crippen molar-refractivity contribution in [1.29, 1.82) is 0 Å². The molecule has 1 fully saturated rings. The fraction of sp³-hybridized carbons (Fsp3) is 0.750. The molecule has 0 bridgehead atoms. The summed E-state index contributed by atoms with van der Waals surface area (Å²) in [6.07, 6.45) is 18.4. The lowest BCUT2D eigenvalue weighted by molar-refractivity contribution is 0.0753. The summed E-state index contributed by atoms with van der Waals surface area (Å²) in [6, 6.07) is 1.41. The van der Waals surface area contributed by atoms with Crippen molar-refractivity contribution >= 4 is 0 Å². The quantitative estimate of drug-likeness (QED) is 0.490.